The second kappa shape index (κ2) is 6.40. The van der Waals surface area contributed by atoms with Gasteiger partial charge in [-0.05, 0) is 61.7 Å². The molecule has 0 unspecified atom stereocenters. The molecule has 4 heteroatoms. The van der Waals surface area contributed by atoms with E-state index >= 15 is 0 Å². The standard InChI is InChI=1S/C22H30O4/c1-13-7-6-8-18-21(13,3)10-9-14(2)22(18,4)12-15-16(23)11-17(26-5)20(25)19(15)24/h7,11,14,18,24H,6,8-10,12H2,1-5H3/t14-,18+,21+,22+/m0/s1. The average molecular weight is 358 g/mol. The van der Waals surface area contributed by atoms with Crippen molar-refractivity contribution in [2.24, 2.45) is 22.7 Å². The Labute approximate surface area is 156 Å². The van der Waals surface area contributed by atoms with Crippen LogP contribution in [0.1, 0.15) is 59.8 Å². The molecule has 0 amide bonds. The van der Waals surface area contributed by atoms with Crippen LogP contribution < -0.4 is 0 Å². The van der Waals surface area contributed by atoms with Crippen LogP contribution in [0.15, 0.2) is 34.8 Å². The number of Topliss-reactive ketones (excluding diaryl/α,β-unsaturated/α-hetero) is 1. The molecular weight excluding hydrogens is 328 g/mol. The van der Waals surface area contributed by atoms with Gasteiger partial charge in [-0.15, -0.1) is 0 Å². The van der Waals surface area contributed by atoms with Gasteiger partial charge in [-0.3, -0.25) is 9.59 Å². The normalized spacial score (nSPS) is 37.9. The van der Waals surface area contributed by atoms with Gasteiger partial charge in [-0.25, -0.2) is 0 Å². The van der Waals surface area contributed by atoms with Crippen molar-refractivity contribution in [1.82, 2.24) is 0 Å². The predicted octanol–water partition coefficient (Wildman–Crippen LogP) is 4.67. The molecular formula is C22H30O4. The molecule has 1 saturated carbocycles. The van der Waals surface area contributed by atoms with Gasteiger partial charge < -0.3 is 9.84 Å². The zero-order valence-corrected chi connectivity index (χ0v) is 16.5. The van der Waals surface area contributed by atoms with Crippen LogP contribution in [0.2, 0.25) is 0 Å². The van der Waals surface area contributed by atoms with Gasteiger partial charge in [-0.2, -0.15) is 0 Å². The molecule has 3 aliphatic carbocycles. The number of methoxy groups -OCH3 is 1. The van der Waals surface area contributed by atoms with Crippen LogP contribution in [-0.4, -0.2) is 23.8 Å². The van der Waals surface area contributed by atoms with Gasteiger partial charge in [0.1, 0.15) is 0 Å². The molecule has 0 heterocycles. The van der Waals surface area contributed by atoms with Gasteiger partial charge in [-0.1, -0.05) is 32.4 Å². The molecule has 0 aromatic heterocycles. The molecule has 142 valence electrons. The van der Waals surface area contributed by atoms with Gasteiger partial charge in [0.25, 0.3) is 5.78 Å². The first kappa shape index (κ1) is 18.9. The second-order valence-corrected chi connectivity index (χ2v) is 8.79. The average Bonchev–Trinajstić information content (AvgIpc) is 2.61. The van der Waals surface area contributed by atoms with Crippen LogP contribution >= 0.6 is 0 Å². The molecule has 26 heavy (non-hydrogen) atoms. The Morgan fingerprint density at radius 2 is 1.96 bits per heavy atom. The fourth-order valence-electron chi connectivity index (χ4n) is 5.55. The lowest BCUT2D eigenvalue weighted by Gasteiger charge is -2.58. The number of aliphatic hydroxyl groups excluding tert-OH is 1. The van der Waals surface area contributed by atoms with Gasteiger partial charge in [0, 0.05) is 11.6 Å². The number of ether oxygens (including phenoxy) is 1. The minimum atomic E-state index is -0.586. The van der Waals surface area contributed by atoms with Crippen molar-refractivity contribution in [2.75, 3.05) is 7.11 Å². The number of hydrogen-bond acceptors (Lipinski definition) is 4. The van der Waals surface area contributed by atoms with Gasteiger partial charge >= 0.3 is 0 Å². The highest BCUT2D eigenvalue weighted by atomic mass is 16.5. The monoisotopic (exact) mass is 358 g/mol. The Morgan fingerprint density at radius 3 is 2.62 bits per heavy atom. The third-order valence-electron chi connectivity index (χ3n) is 7.66. The third-order valence-corrected chi connectivity index (χ3v) is 7.66. The minimum absolute atomic E-state index is 0.0839. The predicted molar refractivity (Wildman–Crippen MR) is 100 cm³/mol. The highest BCUT2D eigenvalue weighted by Crippen LogP contribution is 2.62. The number of rotatable bonds is 3. The Bertz CT molecular complexity index is 741. The Kier molecular flexibility index (Phi) is 4.66. The van der Waals surface area contributed by atoms with Gasteiger partial charge in [0.2, 0.25) is 0 Å². The summed E-state index contributed by atoms with van der Waals surface area (Å²) in [6.07, 6.45) is 8.40. The number of allylic oxidation sites excluding steroid dienone is 4. The third kappa shape index (κ3) is 2.65. The van der Waals surface area contributed by atoms with E-state index in [2.05, 4.69) is 33.8 Å². The summed E-state index contributed by atoms with van der Waals surface area (Å²) in [5.74, 6) is -0.556. The second-order valence-electron chi connectivity index (χ2n) is 8.79. The van der Waals surface area contributed by atoms with Crippen LogP contribution in [0.5, 0.6) is 0 Å². The van der Waals surface area contributed by atoms with Crippen molar-refractivity contribution >= 4 is 11.6 Å². The van der Waals surface area contributed by atoms with Crippen LogP contribution in [0.3, 0.4) is 0 Å². The lowest BCUT2D eigenvalue weighted by molar-refractivity contribution is -0.121. The number of ketones is 2. The van der Waals surface area contributed by atoms with E-state index in [0.29, 0.717) is 18.3 Å². The molecule has 3 rings (SSSR count). The summed E-state index contributed by atoms with van der Waals surface area (Å²) in [5, 5.41) is 10.4. The lowest BCUT2D eigenvalue weighted by atomic mass is 9.46. The summed E-state index contributed by atoms with van der Waals surface area (Å²) in [6.45, 7) is 9.06. The zero-order chi connectivity index (χ0) is 19.3. The summed E-state index contributed by atoms with van der Waals surface area (Å²) < 4.78 is 4.93. The molecule has 0 spiro atoms. The molecule has 0 radical (unpaired) electrons. The largest absolute Gasteiger partial charge is 0.504 e. The van der Waals surface area contributed by atoms with E-state index in [1.165, 1.54) is 18.8 Å². The smallest absolute Gasteiger partial charge is 0.262 e. The number of carbonyl (C=O) groups excluding carboxylic acids is 2. The van der Waals surface area contributed by atoms with E-state index in [-0.39, 0.29) is 27.9 Å². The molecule has 0 aromatic rings. The summed E-state index contributed by atoms with van der Waals surface area (Å²) in [7, 11) is 1.34. The fraction of sp³-hybridized carbons (Fsp3) is 0.636. The highest BCUT2D eigenvalue weighted by Gasteiger charge is 2.54. The number of carbonyl (C=O) groups is 2. The maximum Gasteiger partial charge on any atom is 0.262 e. The van der Waals surface area contributed by atoms with Crippen molar-refractivity contribution in [2.45, 2.75) is 59.8 Å². The SMILES string of the molecule is COC1=CC(=O)C(C[C@]2(C)[C@@H](C)CC[C@]3(C)C(C)=CCC[C@@H]23)=C(O)C1=O. The van der Waals surface area contributed by atoms with Gasteiger partial charge in [0.15, 0.2) is 17.3 Å². The molecule has 0 aromatic carbocycles. The first-order valence-electron chi connectivity index (χ1n) is 9.59. The van der Waals surface area contributed by atoms with Crippen molar-refractivity contribution in [3.05, 3.63) is 34.8 Å². The Hall–Kier alpha value is -1.84. The first-order valence-corrected chi connectivity index (χ1v) is 9.59. The molecule has 1 fully saturated rings. The molecule has 4 nitrogen and oxygen atoms in total. The highest BCUT2D eigenvalue weighted by molar-refractivity contribution is 6.20. The van der Waals surface area contributed by atoms with Crippen LogP contribution in [0.25, 0.3) is 0 Å². The summed E-state index contributed by atoms with van der Waals surface area (Å²) in [6, 6.07) is 0. The quantitative estimate of drug-likeness (QED) is 0.588. The van der Waals surface area contributed by atoms with E-state index < -0.39 is 11.5 Å². The van der Waals surface area contributed by atoms with Crippen molar-refractivity contribution in [3.8, 4) is 0 Å². The van der Waals surface area contributed by atoms with Crippen LogP contribution in [0.4, 0.5) is 0 Å². The van der Waals surface area contributed by atoms with Crippen molar-refractivity contribution < 1.29 is 19.4 Å². The lowest BCUT2D eigenvalue weighted by Crippen LogP contribution is -2.50. The van der Waals surface area contributed by atoms with E-state index in [4.69, 9.17) is 4.74 Å². The van der Waals surface area contributed by atoms with Gasteiger partial charge in [0.05, 0.1) is 7.11 Å². The molecule has 3 aliphatic rings. The first-order chi connectivity index (χ1) is 12.1. The Morgan fingerprint density at radius 1 is 1.27 bits per heavy atom. The molecule has 4 atom stereocenters. The number of fused-ring (bicyclic) bond motifs is 1. The summed E-state index contributed by atoms with van der Waals surface area (Å²) in [4.78, 5) is 24.9. The van der Waals surface area contributed by atoms with Crippen LogP contribution in [0, 0.1) is 22.7 Å². The van der Waals surface area contributed by atoms with Crippen molar-refractivity contribution in [1.29, 1.82) is 0 Å². The molecule has 1 N–H and O–H groups in total. The zero-order valence-electron chi connectivity index (χ0n) is 16.5. The van der Waals surface area contributed by atoms with E-state index in [0.717, 1.165) is 25.7 Å². The fourth-order valence-corrected chi connectivity index (χ4v) is 5.55. The number of hydrogen-bond donors (Lipinski definition) is 1. The van der Waals surface area contributed by atoms with Crippen LogP contribution in [-0.2, 0) is 14.3 Å². The molecule has 0 saturated heterocycles. The molecule has 0 aliphatic heterocycles. The van der Waals surface area contributed by atoms with E-state index in [1.54, 1.807) is 0 Å². The topological polar surface area (TPSA) is 63.6 Å². The minimum Gasteiger partial charge on any atom is -0.504 e. The maximum atomic E-state index is 12.6. The van der Waals surface area contributed by atoms with E-state index in [9.17, 15) is 14.7 Å². The maximum absolute atomic E-state index is 12.6. The summed E-state index contributed by atoms with van der Waals surface area (Å²) in [5.41, 5.74) is 1.68. The Balaban J connectivity index is 2.00. The van der Waals surface area contributed by atoms with E-state index in [1.807, 2.05) is 0 Å². The molecule has 0 bridgehead atoms. The van der Waals surface area contributed by atoms with Crippen molar-refractivity contribution in [3.63, 3.8) is 0 Å². The summed E-state index contributed by atoms with van der Waals surface area (Å²) >= 11 is 0. The number of aliphatic hydroxyl groups is 1.